The van der Waals surface area contributed by atoms with Gasteiger partial charge in [0, 0.05) is 30.0 Å². The standard InChI is InChI=1S/C20H21N5O2/c1-14-18(8-9-19(24-14)25-12-22-23-13-25)15-4-6-16(7-5-15)20(26)21-11-17-3-2-10-27-17/h4-9,12-13,17H,2-3,10-11H2,1H3,(H,21,26)/t17-/m1/s1. The summed E-state index contributed by atoms with van der Waals surface area (Å²) in [7, 11) is 0. The third kappa shape index (κ3) is 3.88. The van der Waals surface area contributed by atoms with E-state index >= 15 is 0 Å². The summed E-state index contributed by atoms with van der Waals surface area (Å²) in [6.07, 6.45) is 5.46. The normalized spacial score (nSPS) is 16.4. The molecule has 1 fully saturated rings. The molecule has 1 N–H and O–H groups in total. The second-order valence-corrected chi connectivity index (χ2v) is 6.59. The lowest BCUT2D eigenvalue weighted by molar-refractivity contribution is 0.0858. The van der Waals surface area contributed by atoms with Crippen molar-refractivity contribution in [3.8, 4) is 16.9 Å². The highest BCUT2D eigenvalue weighted by Gasteiger charge is 2.16. The van der Waals surface area contributed by atoms with Gasteiger partial charge in [0.05, 0.1) is 6.10 Å². The first-order valence-corrected chi connectivity index (χ1v) is 9.03. The lowest BCUT2D eigenvalue weighted by Crippen LogP contribution is -2.31. The summed E-state index contributed by atoms with van der Waals surface area (Å²) in [5.74, 6) is 0.696. The molecule has 3 aromatic rings. The highest BCUT2D eigenvalue weighted by molar-refractivity contribution is 5.94. The molecule has 4 rings (SSSR count). The zero-order valence-corrected chi connectivity index (χ0v) is 15.1. The molecule has 1 saturated heterocycles. The van der Waals surface area contributed by atoms with Crippen LogP contribution in [0.2, 0.25) is 0 Å². The number of carbonyl (C=O) groups is 1. The van der Waals surface area contributed by atoms with E-state index in [-0.39, 0.29) is 12.0 Å². The summed E-state index contributed by atoms with van der Waals surface area (Å²) in [5.41, 5.74) is 3.59. The summed E-state index contributed by atoms with van der Waals surface area (Å²) in [4.78, 5) is 16.9. The van der Waals surface area contributed by atoms with Crippen molar-refractivity contribution < 1.29 is 9.53 Å². The average Bonchev–Trinajstić information content (AvgIpc) is 3.40. The van der Waals surface area contributed by atoms with Crippen molar-refractivity contribution in [2.75, 3.05) is 13.2 Å². The van der Waals surface area contributed by atoms with Crippen LogP contribution in [0.4, 0.5) is 0 Å². The van der Waals surface area contributed by atoms with Gasteiger partial charge in [-0.1, -0.05) is 12.1 Å². The Morgan fingerprint density at radius 2 is 1.96 bits per heavy atom. The Balaban J connectivity index is 1.46. The van der Waals surface area contributed by atoms with Crippen LogP contribution in [0.3, 0.4) is 0 Å². The third-order valence-corrected chi connectivity index (χ3v) is 4.73. The number of ether oxygens (including phenoxy) is 1. The Hall–Kier alpha value is -3.06. The van der Waals surface area contributed by atoms with Gasteiger partial charge in [0.1, 0.15) is 18.5 Å². The van der Waals surface area contributed by atoms with E-state index in [1.54, 1.807) is 17.2 Å². The average molecular weight is 363 g/mol. The van der Waals surface area contributed by atoms with Gasteiger partial charge in [-0.15, -0.1) is 10.2 Å². The van der Waals surface area contributed by atoms with E-state index in [4.69, 9.17) is 4.74 Å². The van der Waals surface area contributed by atoms with Crippen LogP contribution >= 0.6 is 0 Å². The molecule has 0 spiro atoms. The second-order valence-electron chi connectivity index (χ2n) is 6.59. The Bertz CT molecular complexity index is 916. The molecule has 0 saturated carbocycles. The van der Waals surface area contributed by atoms with Crippen LogP contribution in [0.15, 0.2) is 49.1 Å². The molecule has 1 amide bonds. The quantitative estimate of drug-likeness (QED) is 0.753. The summed E-state index contributed by atoms with van der Waals surface area (Å²) in [6, 6.07) is 11.5. The summed E-state index contributed by atoms with van der Waals surface area (Å²) in [5, 5.41) is 10.5. The fourth-order valence-electron chi connectivity index (χ4n) is 3.23. The topological polar surface area (TPSA) is 81.9 Å². The molecule has 7 heteroatoms. The second kappa shape index (κ2) is 7.67. The molecule has 1 aliphatic heterocycles. The number of rotatable bonds is 5. The molecule has 0 radical (unpaired) electrons. The maximum atomic E-state index is 12.3. The van der Waals surface area contributed by atoms with Gasteiger partial charge in [0.2, 0.25) is 0 Å². The first kappa shape index (κ1) is 17.4. The molecule has 138 valence electrons. The van der Waals surface area contributed by atoms with Gasteiger partial charge < -0.3 is 10.1 Å². The molecule has 0 bridgehead atoms. The van der Waals surface area contributed by atoms with Gasteiger partial charge in [-0.05, 0) is 49.6 Å². The minimum absolute atomic E-state index is 0.0742. The van der Waals surface area contributed by atoms with Crippen molar-refractivity contribution in [3.63, 3.8) is 0 Å². The number of carbonyl (C=O) groups excluding carboxylic acids is 1. The number of hydrogen-bond donors (Lipinski definition) is 1. The fourth-order valence-corrected chi connectivity index (χ4v) is 3.23. The maximum Gasteiger partial charge on any atom is 0.251 e. The van der Waals surface area contributed by atoms with Gasteiger partial charge in [0.15, 0.2) is 0 Å². The Labute approximate surface area is 157 Å². The first-order chi connectivity index (χ1) is 13.2. The van der Waals surface area contributed by atoms with E-state index in [0.717, 1.165) is 42.1 Å². The molecule has 3 heterocycles. The van der Waals surface area contributed by atoms with Crippen LogP contribution in [0.25, 0.3) is 16.9 Å². The van der Waals surface area contributed by atoms with Crippen LogP contribution in [0, 0.1) is 6.92 Å². The number of benzene rings is 1. The smallest absolute Gasteiger partial charge is 0.251 e. The molecule has 2 aromatic heterocycles. The van der Waals surface area contributed by atoms with Crippen LogP contribution in [-0.4, -0.2) is 44.9 Å². The molecular formula is C20H21N5O2. The van der Waals surface area contributed by atoms with Crippen molar-refractivity contribution in [2.24, 2.45) is 0 Å². The van der Waals surface area contributed by atoms with Gasteiger partial charge >= 0.3 is 0 Å². The minimum Gasteiger partial charge on any atom is -0.376 e. The van der Waals surface area contributed by atoms with Crippen molar-refractivity contribution in [1.29, 1.82) is 0 Å². The van der Waals surface area contributed by atoms with Crippen LogP contribution < -0.4 is 5.32 Å². The molecule has 0 unspecified atom stereocenters. The molecule has 7 nitrogen and oxygen atoms in total. The molecule has 0 aliphatic carbocycles. The Kier molecular flexibility index (Phi) is 4.93. The third-order valence-electron chi connectivity index (χ3n) is 4.73. The van der Waals surface area contributed by atoms with Gasteiger partial charge in [-0.3, -0.25) is 9.36 Å². The Morgan fingerprint density at radius 1 is 1.19 bits per heavy atom. The molecular weight excluding hydrogens is 342 g/mol. The van der Waals surface area contributed by atoms with Crippen molar-refractivity contribution in [3.05, 3.63) is 60.3 Å². The van der Waals surface area contributed by atoms with Crippen molar-refractivity contribution in [1.82, 2.24) is 25.1 Å². The van der Waals surface area contributed by atoms with E-state index in [0.29, 0.717) is 12.1 Å². The Morgan fingerprint density at radius 3 is 2.63 bits per heavy atom. The number of aromatic nitrogens is 4. The molecule has 1 atom stereocenters. The first-order valence-electron chi connectivity index (χ1n) is 9.03. The van der Waals surface area contributed by atoms with E-state index < -0.39 is 0 Å². The monoisotopic (exact) mass is 363 g/mol. The van der Waals surface area contributed by atoms with Crippen LogP contribution in [0.5, 0.6) is 0 Å². The largest absolute Gasteiger partial charge is 0.376 e. The highest BCUT2D eigenvalue weighted by Crippen LogP contribution is 2.24. The molecule has 27 heavy (non-hydrogen) atoms. The lowest BCUT2D eigenvalue weighted by Gasteiger charge is -2.11. The number of aryl methyl sites for hydroxylation is 1. The fraction of sp³-hybridized carbons (Fsp3) is 0.300. The van der Waals surface area contributed by atoms with Gasteiger partial charge in [0.25, 0.3) is 5.91 Å². The SMILES string of the molecule is Cc1nc(-n2cnnc2)ccc1-c1ccc(C(=O)NC[C@H]2CCCO2)cc1. The molecule has 1 aliphatic rings. The van der Waals surface area contributed by atoms with Crippen molar-refractivity contribution in [2.45, 2.75) is 25.9 Å². The zero-order valence-electron chi connectivity index (χ0n) is 15.1. The van der Waals surface area contributed by atoms with Crippen LogP contribution in [-0.2, 0) is 4.74 Å². The van der Waals surface area contributed by atoms with E-state index in [1.807, 2.05) is 43.3 Å². The predicted molar refractivity (Wildman–Crippen MR) is 101 cm³/mol. The number of hydrogen-bond acceptors (Lipinski definition) is 5. The number of pyridine rings is 1. The number of nitrogens with zero attached hydrogens (tertiary/aromatic N) is 4. The number of nitrogens with one attached hydrogen (secondary N) is 1. The van der Waals surface area contributed by atoms with Crippen molar-refractivity contribution >= 4 is 5.91 Å². The van der Waals surface area contributed by atoms with Crippen LogP contribution in [0.1, 0.15) is 28.9 Å². The molecule has 1 aromatic carbocycles. The maximum absolute atomic E-state index is 12.3. The summed E-state index contributed by atoms with van der Waals surface area (Å²) >= 11 is 0. The summed E-state index contributed by atoms with van der Waals surface area (Å²) in [6.45, 7) is 3.32. The van der Waals surface area contributed by atoms with E-state index in [2.05, 4.69) is 20.5 Å². The van der Waals surface area contributed by atoms with E-state index in [9.17, 15) is 4.79 Å². The predicted octanol–water partition coefficient (Wildman–Crippen LogP) is 2.55. The van der Waals surface area contributed by atoms with E-state index in [1.165, 1.54) is 0 Å². The van der Waals surface area contributed by atoms with Gasteiger partial charge in [-0.25, -0.2) is 4.98 Å². The lowest BCUT2D eigenvalue weighted by atomic mass is 10.0. The number of amides is 1. The minimum atomic E-state index is -0.0742. The zero-order chi connectivity index (χ0) is 18.6. The highest BCUT2D eigenvalue weighted by atomic mass is 16.5. The summed E-state index contributed by atoms with van der Waals surface area (Å²) < 4.78 is 7.30. The van der Waals surface area contributed by atoms with Gasteiger partial charge in [-0.2, -0.15) is 0 Å².